The van der Waals surface area contributed by atoms with Crippen molar-refractivity contribution in [3.8, 4) is 11.5 Å². The molecule has 0 fully saturated rings. The van der Waals surface area contributed by atoms with Gasteiger partial charge in [-0.3, -0.25) is 4.79 Å². The number of fused-ring (bicyclic) bond motifs is 1. The SMILES string of the molecule is COc1ccc(C(=O)NCc2nc3ccccc3n2Cc2c(F)cccc2Cl)cc1OC. The number of rotatable bonds is 7. The Balaban J connectivity index is 1.62. The maximum absolute atomic E-state index is 14.4. The molecular formula is C24H21ClFN3O3. The smallest absolute Gasteiger partial charge is 0.251 e. The van der Waals surface area contributed by atoms with Crippen LogP contribution in [0.4, 0.5) is 4.39 Å². The number of aromatic nitrogens is 2. The Morgan fingerprint density at radius 1 is 1.06 bits per heavy atom. The van der Waals surface area contributed by atoms with Gasteiger partial charge in [0.25, 0.3) is 5.91 Å². The van der Waals surface area contributed by atoms with Crippen LogP contribution in [0.25, 0.3) is 11.0 Å². The zero-order chi connectivity index (χ0) is 22.7. The van der Waals surface area contributed by atoms with Gasteiger partial charge in [-0.25, -0.2) is 9.37 Å². The van der Waals surface area contributed by atoms with E-state index in [-0.39, 0.29) is 19.0 Å². The fourth-order valence-corrected chi connectivity index (χ4v) is 3.74. The quantitative estimate of drug-likeness (QED) is 0.435. The van der Waals surface area contributed by atoms with Crippen LogP contribution >= 0.6 is 11.6 Å². The third kappa shape index (κ3) is 4.24. The molecule has 0 radical (unpaired) electrons. The molecular weight excluding hydrogens is 433 g/mol. The summed E-state index contributed by atoms with van der Waals surface area (Å²) >= 11 is 6.25. The molecule has 4 aromatic rings. The highest BCUT2D eigenvalue weighted by atomic mass is 35.5. The standard InChI is InChI=1S/C24H21ClFN3O3/c1-31-21-11-10-15(12-22(21)32-2)24(30)27-13-23-28-19-8-3-4-9-20(19)29(23)14-16-17(25)6-5-7-18(16)26/h3-12H,13-14H2,1-2H3,(H,27,30). The zero-order valence-electron chi connectivity index (χ0n) is 17.6. The molecule has 8 heteroatoms. The lowest BCUT2D eigenvalue weighted by Gasteiger charge is -2.13. The summed E-state index contributed by atoms with van der Waals surface area (Å²) in [4.78, 5) is 17.4. The minimum Gasteiger partial charge on any atom is -0.493 e. The molecule has 1 aromatic heterocycles. The van der Waals surface area contributed by atoms with Crippen LogP contribution in [0.3, 0.4) is 0 Å². The predicted molar refractivity (Wildman–Crippen MR) is 121 cm³/mol. The van der Waals surface area contributed by atoms with Crippen LogP contribution in [0.15, 0.2) is 60.7 Å². The lowest BCUT2D eigenvalue weighted by molar-refractivity contribution is 0.0949. The molecule has 32 heavy (non-hydrogen) atoms. The van der Waals surface area contributed by atoms with Crippen molar-refractivity contribution in [2.24, 2.45) is 0 Å². The molecule has 3 aromatic carbocycles. The van der Waals surface area contributed by atoms with Gasteiger partial charge >= 0.3 is 0 Å². The summed E-state index contributed by atoms with van der Waals surface area (Å²) in [6.07, 6.45) is 0. The van der Waals surface area contributed by atoms with E-state index in [1.165, 1.54) is 20.3 Å². The first-order valence-corrected chi connectivity index (χ1v) is 10.3. The average Bonchev–Trinajstić information content (AvgIpc) is 3.16. The number of halogens is 2. The van der Waals surface area contributed by atoms with Gasteiger partial charge in [0.1, 0.15) is 11.6 Å². The molecule has 1 heterocycles. The number of hydrogen-bond acceptors (Lipinski definition) is 4. The van der Waals surface area contributed by atoms with Gasteiger partial charge in [-0.05, 0) is 42.5 Å². The Morgan fingerprint density at radius 2 is 1.84 bits per heavy atom. The third-order valence-corrected chi connectivity index (χ3v) is 5.52. The minimum atomic E-state index is -0.393. The summed E-state index contributed by atoms with van der Waals surface area (Å²) in [5.74, 6) is 0.887. The molecule has 0 unspecified atom stereocenters. The van der Waals surface area contributed by atoms with E-state index < -0.39 is 5.82 Å². The number of imidazole rings is 1. The van der Waals surface area contributed by atoms with Crippen molar-refractivity contribution >= 4 is 28.5 Å². The monoisotopic (exact) mass is 453 g/mol. The van der Waals surface area contributed by atoms with E-state index in [1.54, 1.807) is 30.3 Å². The molecule has 6 nitrogen and oxygen atoms in total. The number of carbonyl (C=O) groups is 1. The number of ether oxygens (including phenoxy) is 2. The summed E-state index contributed by atoms with van der Waals surface area (Å²) < 4.78 is 26.8. The number of amides is 1. The lowest BCUT2D eigenvalue weighted by Crippen LogP contribution is -2.25. The van der Waals surface area contributed by atoms with Crippen LogP contribution < -0.4 is 14.8 Å². The fraction of sp³-hybridized carbons (Fsp3) is 0.167. The summed E-state index contributed by atoms with van der Waals surface area (Å²) in [7, 11) is 3.04. The summed E-state index contributed by atoms with van der Waals surface area (Å²) in [5, 5.41) is 3.21. The Bertz CT molecular complexity index is 1270. The number of carbonyl (C=O) groups excluding carboxylic acids is 1. The van der Waals surface area contributed by atoms with Crippen molar-refractivity contribution in [1.82, 2.24) is 14.9 Å². The van der Waals surface area contributed by atoms with Crippen molar-refractivity contribution in [2.75, 3.05) is 14.2 Å². The summed E-state index contributed by atoms with van der Waals surface area (Å²) in [6, 6.07) is 17.1. The van der Waals surface area contributed by atoms with Crippen molar-refractivity contribution in [1.29, 1.82) is 0 Å². The number of para-hydroxylation sites is 2. The Labute approximate surface area is 189 Å². The summed E-state index contributed by atoms with van der Waals surface area (Å²) in [5.41, 5.74) is 2.35. The number of nitrogens with one attached hydrogen (secondary N) is 1. The van der Waals surface area contributed by atoms with Crippen LogP contribution in [-0.2, 0) is 13.1 Å². The molecule has 1 N–H and O–H groups in total. The van der Waals surface area contributed by atoms with E-state index in [1.807, 2.05) is 28.8 Å². The first-order chi connectivity index (χ1) is 15.5. The average molecular weight is 454 g/mol. The highest BCUT2D eigenvalue weighted by molar-refractivity contribution is 6.31. The first-order valence-electron chi connectivity index (χ1n) is 9.89. The molecule has 0 atom stereocenters. The largest absolute Gasteiger partial charge is 0.493 e. The Morgan fingerprint density at radius 3 is 2.59 bits per heavy atom. The number of methoxy groups -OCH3 is 2. The Hall–Kier alpha value is -3.58. The number of nitrogens with zero attached hydrogens (tertiary/aromatic N) is 2. The molecule has 0 saturated heterocycles. The van der Waals surface area contributed by atoms with E-state index in [9.17, 15) is 9.18 Å². The second-order valence-electron chi connectivity index (χ2n) is 7.06. The van der Waals surface area contributed by atoms with Crippen molar-refractivity contribution in [3.05, 3.63) is 88.5 Å². The van der Waals surface area contributed by atoms with E-state index in [0.717, 1.165) is 11.0 Å². The third-order valence-electron chi connectivity index (χ3n) is 5.16. The van der Waals surface area contributed by atoms with Gasteiger partial charge in [-0.15, -0.1) is 0 Å². The maximum atomic E-state index is 14.4. The molecule has 164 valence electrons. The van der Waals surface area contributed by atoms with Crippen molar-refractivity contribution < 1.29 is 18.7 Å². The Kier molecular flexibility index (Phi) is 6.28. The lowest BCUT2D eigenvalue weighted by atomic mass is 10.2. The molecule has 0 spiro atoms. The molecule has 1 amide bonds. The zero-order valence-corrected chi connectivity index (χ0v) is 18.3. The van der Waals surface area contributed by atoms with E-state index in [4.69, 9.17) is 21.1 Å². The molecule has 0 aliphatic carbocycles. The second-order valence-corrected chi connectivity index (χ2v) is 7.46. The molecule has 0 aliphatic heterocycles. The molecule has 0 saturated carbocycles. The van der Waals surface area contributed by atoms with Crippen molar-refractivity contribution in [3.63, 3.8) is 0 Å². The minimum absolute atomic E-state index is 0.147. The molecule has 0 aliphatic rings. The number of hydrogen-bond donors (Lipinski definition) is 1. The van der Waals surface area contributed by atoms with Gasteiger partial charge < -0.3 is 19.4 Å². The van der Waals surface area contributed by atoms with Gasteiger partial charge in [0, 0.05) is 16.1 Å². The van der Waals surface area contributed by atoms with Crippen LogP contribution in [0.2, 0.25) is 5.02 Å². The van der Waals surface area contributed by atoms with Crippen LogP contribution in [0.5, 0.6) is 11.5 Å². The summed E-state index contributed by atoms with van der Waals surface area (Å²) in [6.45, 7) is 0.335. The second kappa shape index (κ2) is 9.28. The van der Waals surface area contributed by atoms with Gasteiger partial charge in [0.2, 0.25) is 0 Å². The van der Waals surface area contributed by atoms with Gasteiger partial charge in [-0.1, -0.05) is 29.8 Å². The molecule has 0 bridgehead atoms. The topological polar surface area (TPSA) is 65.4 Å². The van der Waals surface area contributed by atoms with Gasteiger partial charge in [0.15, 0.2) is 11.5 Å². The normalized spacial score (nSPS) is 10.9. The van der Waals surface area contributed by atoms with Crippen LogP contribution in [0, 0.1) is 5.82 Å². The van der Waals surface area contributed by atoms with E-state index in [0.29, 0.717) is 33.5 Å². The van der Waals surface area contributed by atoms with E-state index in [2.05, 4.69) is 10.3 Å². The van der Waals surface area contributed by atoms with Gasteiger partial charge in [-0.2, -0.15) is 0 Å². The highest BCUT2D eigenvalue weighted by Gasteiger charge is 2.16. The fourth-order valence-electron chi connectivity index (χ4n) is 3.52. The van der Waals surface area contributed by atoms with Crippen molar-refractivity contribution in [2.45, 2.75) is 13.1 Å². The highest BCUT2D eigenvalue weighted by Crippen LogP contribution is 2.28. The van der Waals surface area contributed by atoms with Gasteiger partial charge in [0.05, 0.1) is 38.3 Å². The molecule has 4 rings (SSSR count). The van der Waals surface area contributed by atoms with Crippen LogP contribution in [0.1, 0.15) is 21.7 Å². The maximum Gasteiger partial charge on any atom is 0.251 e. The van der Waals surface area contributed by atoms with E-state index >= 15 is 0 Å². The number of benzene rings is 3. The predicted octanol–water partition coefficient (Wildman–Crippen LogP) is 4.82. The van der Waals surface area contributed by atoms with Crippen LogP contribution in [-0.4, -0.2) is 29.7 Å². The first kappa shape index (κ1) is 21.6.